The van der Waals surface area contributed by atoms with E-state index in [2.05, 4.69) is 15.6 Å². The topological polar surface area (TPSA) is 74.2 Å². The predicted molar refractivity (Wildman–Crippen MR) is 95.5 cm³/mol. The molecule has 0 bridgehead atoms. The highest BCUT2D eigenvalue weighted by molar-refractivity contribution is 6.07. The summed E-state index contributed by atoms with van der Waals surface area (Å²) >= 11 is 0. The van der Waals surface area contributed by atoms with Gasteiger partial charge in [-0.3, -0.25) is 4.79 Å². The molecule has 0 unspecified atom stereocenters. The first kappa shape index (κ1) is 19.2. The average Bonchev–Trinajstić information content (AvgIpc) is 3.05. The molecular formula is C19H20F3N3O2. The number of halogens is 3. The quantitative estimate of drug-likeness (QED) is 0.736. The lowest BCUT2D eigenvalue weighted by Crippen LogP contribution is -2.19. The number of amides is 1. The number of hydrogen-bond donors (Lipinski definition) is 3. The maximum Gasteiger partial charge on any atom is 0.416 e. The Morgan fingerprint density at radius 3 is 2.56 bits per heavy atom. The molecule has 1 aliphatic carbocycles. The number of benzene rings is 1. The number of alkyl halides is 3. The van der Waals surface area contributed by atoms with E-state index in [-0.39, 0.29) is 11.8 Å². The minimum atomic E-state index is -4.42. The van der Waals surface area contributed by atoms with Gasteiger partial charge in [-0.15, -0.1) is 0 Å². The summed E-state index contributed by atoms with van der Waals surface area (Å²) in [7, 11) is 0. The van der Waals surface area contributed by atoms with Crippen LogP contribution in [0.3, 0.4) is 0 Å². The lowest BCUT2D eigenvalue weighted by Gasteiger charge is -2.14. The molecule has 1 aliphatic rings. The minimum absolute atomic E-state index is 0.265. The van der Waals surface area contributed by atoms with Crippen LogP contribution >= 0.6 is 0 Å². The van der Waals surface area contributed by atoms with E-state index in [9.17, 15) is 23.1 Å². The molecule has 5 nitrogen and oxygen atoms in total. The van der Waals surface area contributed by atoms with Crippen LogP contribution in [0.25, 0.3) is 0 Å². The molecule has 3 N–H and O–H groups in total. The largest absolute Gasteiger partial charge is 0.416 e. The number of aliphatic hydroxyl groups excluding tert-OH is 1. The molecular weight excluding hydrogens is 359 g/mol. The zero-order valence-corrected chi connectivity index (χ0v) is 14.5. The highest BCUT2D eigenvalue weighted by Crippen LogP contribution is 2.30. The number of hydrogen-bond acceptors (Lipinski definition) is 4. The summed E-state index contributed by atoms with van der Waals surface area (Å²) in [5, 5.41) is 15.3. The number of carbonyl (C=O) groups excluding carboxylic acids is 1. The molecule has 8 heteroatoms. The van der Waals surface area contributed by atoms with Crippen LogP contribution < -0.4 is 10.6 Å². The summed E-state index contributed by atoms with van der Waals surface area (Å²) in [5.74, 6) is 0.257. The van der Waals surface area contributed by atoms with Gasteiger partial charge in [0, 0.05) is 18.4 Å². The van der Waals surface area contributed by atoms with Crippen molar-refractivity contribution in [1.82, 2.24) is 4.98 Å². The van der Waals surface area contributed by atoms with Crippen LogP contribution in [0.4, 0.5) is 24.7 Å². The maximum atomic E-state index is 12.6. The molecule has 0 saturated heterocycles. The van der Waals surface area contributed by atoms with Crippen molar-refractivity contribution < 1.29 is 23.1 Å². The highest BCUT2D eigenvalue weighted by Gasteiger charge is 2.30. The third-order valence-corrected chi connectivity index (χ3v) is 4.59. The molecule has 2 aromatic rings. The number of rotatable bonds is 5. The summed E-state index contributed by atoms with van der Waals surface area (Å²) < 4.78 is 37.9. The lowest BCUT2D eigenvalue weighted by atomic mass is 10.1. The number of nitrogens with zero attached hydrogens (tertiary/aromatic N) is 1. The first-order valence-electron chi connectivity index (χ1n) is 8.68. The van der Waals surface area contributed by atoms with Gasteiger partial charge in [0.25, 0.3) is 5.91 Å². The van der Waals surface area contributed by atoms with Crippen molar-refractivity contribution in [3.8, 4) is 0 Å². The van der Waals surface area contributed by atoms with Crippen LogP contribution in [0, 0.1) is 5.92 Å². The molecule has 27 heavy (non-hydrogen) atoms. The summed E-state index contributed by atoms with van der Waals surface area (Å²) in [4.78, 5) is 16.7. The van der Waals surface area contributed by atoms with Crippen LogP contribution in [0.15, 0.2) is 42.6 Å². The van der Waals surface area contributed by atoms with Gasteiger partial charge >= 0.3 is 6.18 Å². The van der Waals surface area contributed by atoms with Crippen molar-refractivity contribution in [3.63, 3.8) is 0 Å². The Kier molecular flexibility index (Phi) is 5.65. The van der Waals surface area contributed by atoms with E-state index >= 15 is 0 Å². The third-order valence-electron chi connectivity index (χ3n) is 4.59. The number of carbonyl (C=O) groups is 1. The molecule has 1 fully saturated rings. The van der Waals surface area contributed by atoms with E-state index in [0.717, 1.165) is 25.0 Å². The molecule has 1 amide bonds. The van der Waals surface area contributed by atoms with E-state index in [1.807, 2.05) is 0 Å². The van der Waals surface area contributed by atoms with Crippen molar-refractivity contribution in [2.45, 2.75) is 31.5 Å². The van der Waals surface area contributed by atoms with Gasteiger partial charge in [0.15, 0.2) is 0 Å². The number of nitrogens with one attached hydrogen (secondary N) is 2. The molecule has 3 rings (SSSR count). The monoisotopic (exact) mass is 379 g/mol. The molecule has 1 aromatic heterocycles. The van der Waals surface area contributed by atoms with Crippen molar-refractivity contribution in [1.29, 1.82) is 0 Å². The molecule has 1 aromatic carbocycles. The van der Waals surface area contributed by atoms with E-state index in [4.69, 9.17) is 0 Å². The van der Waals surface area contributed by atoms with E-state index in [1.54, 1.807) is 18.3 Å². The van der Waals surface area contributed by atoms with Crippen LogP contribution in [-0.2, 0) is 6.18 Å². The SMILES string of the molecule is O=C(Nc1ccc(C(F)(F)F)cc1)c1cccnc1NC[C@@H]1CC[C@H](O)C1. The summed E-state index contributed by atoms with van der Waals surface area (Å²) in [5.41, 5.74) is -0.208. The second kappa shape index (κ2) is 7.96. The number of pyridine rings is 1. The third kappa shape index (κ3) is 4.97. The Morgan fingerprint density at radius 2 is 1.93 bits per heavy atom. The second-order valence-electron chi connectivity index (χ2n) is 6.64. The Hall–Kier alpha value is -2.61. The lowest BCUT2D eigenvalue weighted by molar-refractivity contribution is -0.137. The van der Waals surface area contributed by atoms with Crippen LogP contribution in [-0.4, -0.2) is 28.6 Å². The van der Waals surface area contributed by atoms with Crippen LogP contribution in [0.5, 0.6) is 0 Å². The normalized spacial score (nSPS) is 19.7. The molecule has 1 heterocycles. The zero-order chi connectivity index (χ0) is 19.4. The van der Waals surface area contributed by atoms with Crippen LogP contribution in [0.2, 0.25) is 0 Å². The fraction of sp³-hybridized carbons (Fsp3) is 0.368. The van der Waals surface area contributed by atoms with Gasteiger partial charge in [-0.2, -0.15) is 13.2 Å². The van der Waals surface area contributed by atoms with Gasteiger partial charge in [0.05, 0.1) is 17.2 Å². The van der Waals surface area contributed by atoms with E-state index in [1.165, 1.54) is 12.1 Å². The van der Waals surface area contributed by atoms with E-state index < -0.39 is 17.6 Å². The molecule has 144 valence electrons. The number of anilines is 2. The van der Waals surface area contributed by atoms with Crippen molar-refractivity contribution >= 4 is 17.4 Å². The summed E-state index contributed by atoms with van der Waals surface area (Å²) in [6, 6.07) is 7.48. The summed E-state index contributed by atoms with van der Waals surface area (Å²) in [6.07, 6.45) is -0.739. The Morgan fingerprint density at radius 1 is 1.19 bits per heavy atom. The molecule has 1 saturated carbocycles. The summed E-state index contributed by atoms with van der Waals surface area (Å²) in [6.45, 7) is 0.592. The predicted octanol–water partition coefficient (Wildman–Crippen LogP) is 3.93. The maximum absolute atomic E-state index is 12.6. The first-order chi connectivity index (χ1) is 12.8. The van der Waals surface area contributed by atoms with E-state index in [0.29, 0.717) is 30.3 Å². The van der Waals surface area contributed by atoms with Gasteiger partial charge in [-0.1, -0.05) is 0 Å². The van der Waals surface area contributed by atoms with Crippen LogP contribution in [0.1, 0.15) is 35.2 Å². The number of aliphatic hydroxyl groups is 1. The Bertz CT molecular complexity index is 794. The van der Waals surface area contributed by atoms with Gasteiger partial charge in [-0.05, 0) is 61.6 Å². The highest BCUT2D eigenvalue weighted by atomic mass is 19.4. The molecule has 0 aliphatic heterocycles. The van der Waals surface area contributed by atoms with Gasteiger partial charge in [0.1, 0.15) is 5.82 Å². The standard InChI is InChI=1S/C19H20F3N3O2/c20-19(21,22)13-4-6-14(7-5-13)25-18(27)16-2-1-9-23-17(16)24-11-12-3-8-15(26)10-12/h1-2,4-7,9,12,15,26H,3,8,10-11H2,(H,23,24)(H,25,27)/t12-,15+/m1/s1. The fourth-order valence-corrected chi connectivity index (χ4v) is 3.15. The Labute approximate surface area is 154 Å². The zero-order valence-electron chi connectivity index (χ0n) is 14.5. The fourth-order valence-electron chi connectivity index (χ4n) is 3.15. The average molecular weight is 379 g/mol. The first-order valence-corrected chi connectivity index (χ1v) is 8.68. The molecule has 0 spiro atoms. The second-order valence-corrected chi connectivity index (χ2v) is 6.64. The Balaban J connectivity index is 1.66. The number of aromatic nitrogens is 1. The van der Waals surface area contributed by atoms with Gasteiger partial charge in [-0.25, -0.2) is 4.98 Å². The van der Waals surface area contributed by atoms with Gasteiger partial charge in [0.2, 0.25) is 0 Å². The molecule has 2 atom stereocenters. The smallest absolute Gasteiger partial charge is 0.393 e. The van der Waals surface area contributed by atoms with Crippen molar-refractivity contribution in [3.05, 3.63) is 53.7 Å². The van der Waals surface area contributed by atoms with Gasteiger partial charge < -0.3 is 15.7 Å². The van der Waals surface area contributed by atoms with Crippen molar-refractivity contribution in [2.75, 3.05) is 17.2 Å². The minimum Gasteiger partial charge on any atom is -0.393 e. The van der Waals surface area contributed by atoms with Crippen molar-refractivity contribution in [2.24, 2.45) is 5.92 Å². The molecule has 0 radical (unpaired) electrons.